The van der Waals surface area contributed by atoms with E-state index in [-0.39, 0.29) is 0 Å². The van der Waals surface area contributed by atoms with E-state index in [9.17, 15) is 0 Å². The average molecular weight is 95.1 g/mol. The molecule has 1 saturated carbocycles. The first-order valence-corrected chi connectivity index (χ1v) is 2.82. The first-order chi connectivity index (χ1) is 3.41. The SMILES string of the molecule is C1=CC2(CC2)CN1. The van der Waals surface area contributed by atoms with Gasteiger partial charge in [-0.3, -0.25) is 0 Å². The molecule has 0 saturated heterocycles. The van der Waals surface area contributed by atoms with Crippen molar-refractivity contribution in [3.8, 4) is 0 Å². The van der Waals surface area contributed by atoms with Crippen molar-refractivity contribution in [3.05, 3.63) is 12.3 Å². The van der Waals surface area contributed by atoms with Crippen LogP contribution in [-0.4, -0.2) is 6.54 Å². The number of nitrogens with one attached hydrogen (secondary N) is 1. The van der Waals surface area contributed by atoms with E-state index in [0.29, 0.717) is 5.41 Å². The van der Waals surface area contributed by atoms with Crippen molar-refractivity contribution < 1.29 is 0 Å². The summed E-state index contributed by atoms with van der Waals surface area (Å²) in [6.45, 7) is 1.20. The molecule has 1 spiro atoms. The number of hydrogen-bond donors (Lipinski definition) is 1. The Morgan fingerprint density at radius 3 is 2.57 bits per heavy atom. The van der Waals surface area contributed by atoms with Crippen LogP contribution in [0.4, 0.5) is 0 Å². The van der Waals surface area contributed by atoms with Crippen LogP contribution in [0.3, 0.4) is 0 Å². The Morgan fingerprint density at radius 2 is 2.29 bits per heavy atom. The van der Waals surface area contributed by atoms with Crippen molar-refractivity contribution in [1.82, 2.24) is 5.32 Å². The highest BCUT2D eigenvalue weighted by Gasteiger charge is 2.41. The van der Waals surface area contributed by atoms with Gasteiger partial charge < -0.3 is 5.32 Å². The molecule has 1 fully saturated rings. The maximum atomic E-state index is 3.19. The molecule has 1 aliphatic carbocycles. The first-order valence-electron chi connectivity index (χ1n) is 2.82. The van der Waals surface area contributed by atoms with Crippen molar-refractivity contribution in [2.45, 2.75) is 12.8 Å². The lowest BCUT2D eigenvalue weighted by molar-refractivity contribution is 0.658. The molecule has 0 aromatic rings. The van der Waals surface area contributed by atoms with E-state index in [2.05, 4.69) is 17.6 Å². The van der Waals surface area contributed by atoms with Crippen LogP contribution >= 0.6 is 0 Å². The molecule has 2 aliphatic rings. The molecule has 0 aromatic heterocycles. The van der Waals surface area contributed by atoms with Crippen molar-refractivity contribution in [2.24, 2.45) is 5.41 Å². The average Bonchev–Trinajstić information content (AvgIpc) is 2.15. The first kappa shape index (κ1) is 3.53. The van der Waals surface area contributed by atoms with Gasteiger partial charge in [-0.2, -0.15) is 0 Å². The van der Waals surface area contributed by atoms with Crippen LogP contribution < -0.4 is 5.32 Å². The van der Waals surface area contributed by atoms with Crippen LogP contribution in [0.15, 0.2) is 12.3 Å². The summed E-state index contributed by atoms with van der Waals surface area (Å²) in [5.74, 6) is 0. The van der Waals surface area contributed by atoms with E-state index in [1.807, 2.05) is 0 Å². The van der Waals surface area contributed by atoms with Gasteiger partial charge in [0.05, 0.1) is 0 Å². The Morgan fingerprint density at radius 1 is 1.43 bits per heavy atom. The lowest BCUT2D eigenvalue weighted by Crippen LogP contribution is -2.08. The van der Waals surface area contributed by atoms with Gasteiger partial charge >= 0.3 is 0 Å². The maximum Gasteiger partial charge on any atom is 0.0233 e. The lowest BCUT2D eigenvalue weighted by atomic mass is 10.1. The molecule has 1 N–H and O–H groups in total. The maximum absolute atomic E-state index is 3.19. The summed E-state index contributed by atoms with van der Waals surface area (Å²) in [5.41, 5.74) is 0.653. The fourth-order valence-corrected chi connectivity index (χ4v) is 1.06. The molecule has 38 valence electrons. The second-order valence-electron chi connectivity index (χ2n) is 2.58. The highest BCUT2D eigenvalue weighted by atomic mass is 14.9. The summed E-state index contributed by atoms with van der Waals surface area (Å²) in [7, 11) is 0. The monoisotopic (exact) mass is 95.1 g/mol. The zero-order chi connectivity index (χ0) is 4.74. The third-order valence-corrected chi connectivity index (χ3v) is 1.90. The van der Waals surface area contributed by atoms with Gasteiger partial charge in [-0.15, -0.1) is 0 Å². The molecule has 0 bridgehead atoms. The van der Waals surface area contributed by atoms with Gasteiger partial charge in [0.2, 0.25) is 0 Å². The lowest BCUT2D eigenvalue weighted by Gasteiger charge is -1.96. The minimum Gasteiger partial charge on any atom is -0.390 e. The van der Waals surface area contributed by atoms with Gasteiger partial charge in [0.15, 0.2) is 0 Å². The fourth-order valence-electron chi connectivity index (χ4n) is 1.06. The predicted molar refractivity (Wildman–Crippen MR) is 28.8 cm³/mol. The Kier molecular flexibility index (Phi) is 0.432. The van der Waals surface area contributed by atoms with E-state index in [0.717, 1.165) is 0 Å². The van der Waals surface area contributed by atoms with Crippen molar-refractivity contribution in [2.75, 3.05) is 6.54 Å². The van der Waals surface area contributed by atoms with Crippen LogP contribution in [0, 0.1) is 5.41 Å². The molecule has 2 rings (SSSR count). The zero-order valence-electron chi connectivity index (χ0n) is 4.28. The molecular formula is C6H9N. The van der Waals surface area contributed by atoms with Crippen molar-refractivity contribution >= 4 is 0 Å². The van der Waals surface area contributed by atoms with Crippen LogP contribution in [0.5, 0.6) is 0 Å². The molecule has 0 aromatic carbocycles. The Hall–Kier alpha value is -0.460. The zero-order valence-corrected chi connectivity index (χ0v) is 4.28. The van der Waals surface area contributed by atoms with Crippen LogP contribution in [0.1, 0.15) is 12.8 Å². The molecule has 0 radical (unpaired) electrons. The van der Waals surface area contributed by atoms with E-state index in [1.54, 1.807) is 0 Å². The second-order valence-corrected chi connectivity index (χ2v) is 2.58. The third kappa shape index (κ3) is 0.379. The normalized spacial score (nSPS) is 30.9. The van der Waals surface area contributed by atoms with Gasteiger partial charge in [0.1, 0.15) is 0 Å². The number of rotatable bonds is 0. The Balaban J connectivity index is 2.22. The van der Waals surface area contributed by atoms with Gasteiger partial charge in [-0.1, -0.05) is 6.08 Å². The summed E-state index contributed by atoms with van der Waals surface area (Å²) < 4.78 is 0. The molecule has 1 heterocycles. The highest BCUT2D eigenvalue weighted by Crippen LogP contribution is 2.47. The molecule has 1 nitrogen and oxygen atoms in total. The second kappa shape index (κ2) is 0.857. The van der Waals surface area contributed by atoms with Crippen molar-refractivity contribution in [3.63, 3.8) is 0 Å². The number of hydrogen-bond acceptors (Lipinski definition) is 1. The van der Waals surface area contributed by atoms with E-state index in [4.69, 9.17) is 0 Å². The predicted octanol–water partition coefficient (Wildman–Crippen LogP) is 0.883. The van der Waals surface area contributed by atoms with Crippen LogP contribution in [0.2, 0.25) is 0 Å². The summed E-state index contributed by atoms with van der Waals surface area (Å²) in [6.07, 6.45) is 7.20. The minimum absolute atomic E-state index is 0.653. The van der Waals surface area contributed by atoms with E-state index in [1.165, 1.54) is 19.4 Å². The Labute approximate surface area is 43.4 Å². The van der Waals surface area contributed by atoms with Crippen LogP contribution in [0.25, 0.3) is 0 Å². The molecular weight excluding hydrogens is 86.1 g/mol. The Bertz CT molecular complexity index is 111. The topological polar surface area (TPSA) is 12.0 Å². The summed E-state index contributed by atoms with van der Waals surface area (Å²) in [6, 6.07) is 0. The van der Waals surface area contributed by atoms with Gasteiger partial charge in [0, 0.05) is 12.0 Å². The summed E-state index contributed by atoms with van der Waals surface area (Å²) in [5, 5.41) is 3.19. The van der Waals surface area contributed by atoms with Gasteiger partial charge in [-0.05, 0) is 19.0 Å². The molecule has 7 heavy (non-hydrogen) atoms. The molecule has 0 atom stereocenters. The van der Waals surface area contributed by atoms with Crippen molar-refractivity contribution in [1.29, 1.82) is 0 Å². The van der Waals surface area contributed by atoms with E-state index >= 15 is 0 Å². The smallest absolute Gasteiger partial charge is 0.0233 e. The largest absolute Gasteiger partial charge is 0.390 e. The summed E-state index contributed by atoms with van der Waals surface area (Å²) >= 11 is 0. The molecule has 1 aliphatic heterocycles. The molecule has 0 unspecified atom stereocenters. The molecule has 1 heteroatoms. The highest BCUT2D eigenvalue weighted by molar-refractivity contribution is 5.14. The van der Waals surface area contributed by atoms with E-state index < -0.39 is 0 Å². The molecule has 0 amide bonds. The third-order valence-electron chi connectivity index (χ3n) is 1.90. The van der Waals surface area contributed by atoms with Gasteiger partial charge in [0.25, 0.3) is 0 Å². The minimum atomic E-state index is 0.653. The summed E-state index contributed by atoms with van der Waals surface area (Å²) in [4.78, 5) is 0. The van der Waals surface area contributed by atoms with Gasteiger partial charge in [-0.25, -0.2) is 0 Å². The standard InChI is InChI=1S/C6H9N/c1-2-6(1)3-4-7-5-6/h3-4,7H,1-2,5H2. The fraction of sp³-hybridized carbons (Fsp3) is 0.667. The quantitative estimate of drug-likeness (QED) is 0.471. The van der Waals surface area contributed by atoms with Crippen LogP contribution in [-0.2, 0) is 0 Å².